The Morgan fingerprint density at radius 3 is 2.34 bits per heavy atom. The molecule has 5 rings (SSSR count). The van der Waals surface area contributed by atoms with E-state index in [1.54, 1.807) is 6.92 Å². The minimum atomic E-state index is -0.450. The first kappa shape index (κ1) is 24.9. The predicted octanol–water partition coefficient (Wildman–Crippen LogP) is 5.35. The number of aliphatic hydroxyl groups excluding tert-OH is 1. The van der Waals surface area contributed by atoms with Gasteiger partial charge in [0.25, 0.3) is 0 Å². The molecule has 5 nitrogen and oxygen atoms in total. The minimum Gasteiger partial charge on any atom is -0.455 e. The molecule has 2 saturated carbocycles. The quantitative estimate of drug-likeness (QED) is 0.548. The highest BCUT2D eigenvalue weighted by molar-refractivity contribution is 6.11. The van der Waals surface area contributed by atoms with E-state index in [-0.39, 0.29) is 57.6 Å². The number of fused-ring (bicyclic) bond motifs is 4. The van der Waals surface area contributed by atoms with Gasteiger partial charge in [-0.05, 0) is 73.7 Å². The molecule has 0 amide bonds. The van der Waals surface area contributed by atoms with E-state index in [0.29, 0.717) is 24.8 Å². The lowest BCUT2D eigenvalue weighted by molar-refractivity contribution is -0.142. The van der Waals surface area contributed by atoms with Gasteiger partial charge in [-0.1, -0.05) is 41.5 Å². The Morgan fingerprint density at radius 2 is 1.71 bits per heavy atom. The summed E-state index contributed by atoms with van der Waals surface area (Å²) < 4.78 is 5.54. The average molecular weight is 483 g/mol. The van der Waals surface area contributed by atoms with Crippen LogP contribution in [-0.4, -0.2) is 34.9 Å². The molecule has 35 heavy (non-hydrogen) atoms. The number of cyclic esters (lactones) is 1. The Hall–Kier alpha value is -1.75. The van der Waals surface area contributed by atoms with Crippen molar-refractivity contribution in [2.45, 2.75) is 106 Å². The molecule has 0 aromatic rings. The Bertz CT molecular complexity index is 1060. The van der Waals surface area contributed by atoms with Gasteiger partial charge in [0.15, 0.2) is 11.6 Å². The smallest absolute Gasteiger partial charge is 0.334 e. The molecule has 0 aromatic heterocycles. The van der Waals surface area contributed by atoms with Crippen LogP contribution in [0.1, 0.15) is 93.4 Å². The molecule has 0 unspecified atom stereocenters. The first-order valence-electron chi connectivity index (χ1n) is 13.6. The number of hydrogen-bond acceptors (Lipinski definition) is 5. The van der Waals surface area contributed by atoms with Crippen molar-refractivity contribution >= 4 is 17.5 Å². The van der Waals surface area contributed by atoms with Crippen molar-refractivity contribution in [1.82, 2.24) is 0 Å². The first-order chi connectivity index (χ1) is 16.2. The summed E-state index contributed by atoms with van der Waals surface area (Å²) in [6.45, 7) is 14.8. The van der Waals surface area contributed by atoms with Crippen molar-refractivity contribution in [2.75, 3.05) is 0 Å². The Labute approximate surface area is 209 Å². The molecule has 0 aromatic carbocycles. The van der Waals surface area contributed by atoms with Crippen molar-refractivity contribution in [3.63, 3.8) is 0 Å². The topological polar surface area (TPSA) is 80.7 Å². The maximum absolute atomic E-state index is 14.1. The summed E-state index contributed by atoms with van der Waals surface area (Å²) in [5.74, 6) is 0.565. The summed E-state index contributed by atoms with van der Waals surface area (Å²) >= 11 is 0. The lowest BCUT2D eigenvalue weighted by atomic mass is 9.43. The number of hydrogen-bond donors (Lipinski definition) is 1. The minimum absolute atomic E-state index is 0.0230. The second kappa shape index (κ2) is 7.63. The first-order valence-corrected chi connectivity index (χ1v) is 13.6. The normalized spacial score (nSPS) is 45.5. The molecule has 5 heteroatoms. The molecule has 0 saturated heterocycles. The monoisotopic (exact) mass is 482 g/mol. The highest BCUT2D eigenvalue weighted by Gasteiger charge is 2.67. The van der Waals surface area contributed by atoms with Gasteiger partial charge in [-0.2, -0.15) is 0 Å². The second-order valence-electron chi connectivity index (χ2n) is 13.7. The number of carbonyl (C=O) groups excluding carboxylic acids is 3. The van der Waals surface area contributed by atoms with Crippen LogP contribution in [0.4, 0.5) is 0 Å². The standard InChI is InChI=1S/C30H42O5/c1-16(12-18-13-17(2)26(34)35-18)19-8-11-29(6)25-20(31)14-22-27(3,4)23(33)9-10-28(22,5)24(25)21(32)15-30(19,29)7/h13,16,18-19,22-23,33H,8-12,14-15H2,1-7H3/t16-,18-,19-,22+,23-,28+,29+,30-/m1/s1. The maximum Gasteiger partial charge on any atom is 0.334 e. The third kappa shape index (κ3) is 3.19. The third-order valence-corrected chi connectivity index (χ3v) is 11.7. The SMILES string of the molecule is CC1=C[C@@H](C[C@@H](C)[C@H]2CC[C@@]3(C)C4=C(C(=O)C[C@]23C)[C@@]2(C)CC[C@@H](O)C(C)(C)[C@@H]2CC4=O)OC1=O. The van der Waals surface area contributed by atoms with Gasteiger partial charge in [0, 0.05) is 40.4 Å². The van der Waals surface area contributed by atoms with Crippen molar-refractivity contribution < 1.29 is 24.2 Å². The fourth-order valence-electron chi connectivity index (χ4n) is 9.36. The molecule has 2 fully saturated rings. The van der Waals surface area contributed by atoms with E-state index in [2.05, 4.69) is 41.5 Å². The van der Waals surface area contributed by atoms with E-state index in [4.69, 9.17) is 4.74 Å². The molecule has 1 aliphatic heterocycles. The van der Waals surface area contributed by atoms with Crippen molar-refractivity contribution in [3.8, 4) is 0 Å². The molecule has 0 radical (unpaired) electrons. The maximum atomic E-state index is 14.1. The highest BCUT2D eigenvalue weighted by Crippen LogP contribution is 2.71. The Balaban J connectivity index is 1.53. The summed E-state index contributed by atoms with van der Waals surface area (Å²) in [7, 11) is 0. The number of ketones is 2. The van der Waals surface area contributed by atoms with Gasteiger partial charge in [0.05, 0.1) is 6.10 Å². The molecule has 5 aliphatic rings. The van der Waals surface area contributed by atoms with E-state index in [1.165, 1.54) is 0 Å². The molecule has 192 valence electrons. The Morgan fingerprint density at radius 1 is 1.03 bits per heavy atom. The van der Waals surface area contributed by atoms with E-state index in [0.717, 1.165) is 36.8 Å². The van der Waals surface area contributed by atoms with Crippen molar-refractivity contribution in [2.24, 2.45) is 39.4 Å². The van der Waals surface area contributed by atoms with Gasteiger partial charge in [0.1, 0.15) is 6.10 Å². The van der Waals surface area contributed by atoms with Crippen LogP contribution in [0, 0.1) is 39.4 Å². The number of esters is 1. The lowest BCUT2D eigenvalue weighted by Crippen LogP contribution is -2.59. The molecule has 8 atom stereocenters. The van der Waals surface area contributed by atoms with Crippen LogP contribution in [0.3, 0.4) is 0 Å². The van der Waals surface area contributed by atoms with Crippen molar-refractivity contribution in [1.29, 1.82) is 0 Å². The van der Waals surface area contributed by atoms with Gasteiger partial charge in [-0.15, -0.1) is 0 Å². The van der Waals surface area contributed by atoms with Crippen LogP contribution in [0.15, 0.2) is 22.8 Å². The van der Waals surface area contributed by atoms with Crippen LogP contribution in [-0.2, 0) is 19.1 Å². The van der Waals surface area contributed by atoms with E-state index in [9.17, 15) is 19.5 Å². The molecule has 1 heterocycles. The fraction of sp³-hybridized carbons (Fsp3) is 0.767. The number of carbonyl (C=O) groups is 3. The predicted molar refractivity (Wildman–Crippen MR) is 133 cm³/mol. The molecule has 0 bridgehead atoms. The lowest BCUT2D eigenvalue weighted by Gasteiger charge is -2.60. The van der Waals surface area contributed by atoms with Gasteiger partial charge >= 0.3 is 5.97 Å². The summed E-state index contributed by atoms with van der Waals surface area (Å²) in [4.78, 5) is 39.9. The molecule has 4 aliphatic carbocycles. The number of aliphatic hydroxyl groups is 1. The third-order valence-electron chi connectivity index (χ3n) is 11.7. The van der Waals surface area contributed by atoms with Crippen molar-refractivity contribution in [3.05, 3.63) is 22.8 Å². The average Bonchev–Trinajstić information content (AvgIpc) is 3.21. The van der Waals surface area contributed by atoms with Crippen LogP contribution < -0.4 is 0 Å². The summed E-state index contributed by atoms with van der Waals surface area (Å²) in [6.07, 6.45) is 6.21. The van der Waals surface area contributed by atoms with Crippen LogP contribution in [0.25, 0.3) is 0 Å². The van der Waals surface area contributed by atoms with Gasteiger partial charge in [0.2, 0.25) is 0 Å². The summed E-state index contributed by atoms with van der Waals surface area (Å²) in [5.41, 5.74) is 0.890. The number of Topliss-reactive ketones (excluding diaryl/α,β-unsaturated/α-hetero) is 2. The number of ether oxygens (including phenoxy) is 1. The van der Waals surface area contributed by atoms with Gasteiger partial charge < -0.3 is 9.84 Å². The van der Waals surface area contributed by atoms with E-state index < -0.39 is 11.5 Å². The fourth-order valence-corrected chi connectivity index (χ4v) is 9.36. The molecule has 1 N–H and O–H groups in total. The summed E-state index contributed by atoms with van der Waals surface area (Å²) in [6, 6.07) is 0. The number of rotatable bonds is 3. The second-order valence-corrected chi connectivity index (χ2v) is 13.7. The molecule has 0 spiro atoms. The number of allylic oxidation sites excluding steroid dienone is 2. The van der Waals surface area contributed by atoms with Crippen LogP contribution in [0.5, 0.6) is 0 Å². The summed E-state index contributed by atoms with van der Waals surface area (Å²) in [5, 5.41) is 10.8. The Kier molecular flexibility index (Phi) is 5.43. The zero-order chi connectivity index (χ0) is 25.7. The zero-order valence-corrected chi connectivity index (χ0v) is 22.5. The zero-order valence-electron chi connectivity index (χ0n) is 22.5. The van der Waals surface area contributed by atoms with Crippen LogP contribution >= 0.6 is 0 Å². The van der Waals surface area contributed by atoms with E-state index >= 15 is 0 Å². The van der Waals surface area contributed by atoms with Crippen LogP contribution in [0.2, 0.25) is 0 Å². The van der Waals surface area contributed by atoms with Gasteiger partial charge in [-0.3, -0.25) is 9.59 Å². The van der Waals surface area contributed by atoms with E-state index in [1.807, 2.05) is 6.08 Å². The van der Waals surface area contributed by atoms with Gasteiger partial charge in [-0.25, -0.2) is 4.79 Å². The highest BCUT2D eigenvalue weighted by atomic mass is 16.5. The largest absolute Gasteiger partial charge is 0.455 e. The molecular weight excluding hydrogens is 440 g/mol. The molecular formula is C30H42O5.